The van der Waals surface area contributed by atoms with E-state index < -0.39 is 0 Å². The van der Waals surface area contributed by atoms with E-state index in [9.17, 15) is 0 Å². The number of nitrogens with zero attached hydrogens (tertiary/aromatic N) is 3. The highest BCUT2D eigenvalue weighted by Gasteiger charge is 1.97. The van der Waals surface area contributed by atoms with Crippen molar-refractivity contribution in [2.45, 2.75) is 0 Å². The Hall–Kier alpha value is -0.470. The Morgan fingerprint density at radius 1 is 1.30 bits per heavy atom. The highest BCUT2D eigenvalue weighted by molar-refractivity contribution is 9.11. The topological polar surface area (TPSA) is 49.6 Å². The monoisotopic (exact) mass is 261 g/mol. The largest absolute Gasteiger partial charge is 0.234 e. The summed E-state index contributed by atoms with van der Waals surface area (Å²) in [6.45, 7) is 0. The number of aromatic nitrogens is 2. The van der Waals surface area contributed by atoms with Crippen LogP contribution >= 0.6 is 31.9 Å². The fourth-order valence-electron chi connectivity index (χ4n) is 0.440. The van der Waals surface area contributed by atoms with E-state index in [1.54, 1.807) is 6.07 Å². The smallest absolute Gasteiger partial charge is 0.212 e. The summed E-state index contributed by atoms with van der Waals surface area (Å²) in [5.41, 5.74) is 0. The second-order valence-electron chi connectivity index (χ2n) is 1.45. The molecule has 3 nitrogen and oxygen atoms in total. The zero-order valence-electron chi connectivity index (χ0n) is 4.67. The zero-order valence-corrected chi connectivity index (χ0v) is 7.85. The van der Waals surface area contributed by atoms with Crippen molar-refractivity contribution in [1.82, 2.24) is 9.97 Å². The van der Waals surface area contributed by atoms with Crippen molar-refractivity contribution >= 4 is 31.9 Å². The van der Waals surface area contributed by atoms with Crippen LogP contribution in [0.15, 0.2) is 15.3 Å². The molecule has 0 saturated carbocycles. The molecule has 50 valence electrons. The van der Waals surface area contributed by atoms with Crippen LogP contribution in [0.2, 0.25) is 0 Å². The molecule has 0 unspecified atom stereocenters. The number of halogens is 2. The van der Waals surface area contributed by atoms with Gasteiger partial charge in [-0.1, -0.05) is 0 Å². The van der Waals surface area contributed by atoms with E-state index in [2.05, 4.69) is 41.8 Å². The molecule has 10 heavy (non-hydrogen) atoms. The quantitative estimate of drug-likeness (QED) is 0.671. The summed E-state index contributed by atoms with van der Waals surface area (Å²) in [7, 11) is 0. The average molecular weight is 263 g/mol. The van der Waals surface area contributed by atoms with Gasteiger partial charge in [-0.3, -0.25) is 0 Å². The van der Waals surface area contributed by atoms with Crippen LogP contribution < -0.4 is 0 Å². The normalized spacial score (nSPS) is 8.90. The van der Waals surface area contributed by atoms with Crippen LogP contribution in [-0.2, 0) is 0 Å². The molecule has 0 aromatic carbocycles. The standard InChI is InChI=1S/C5HBr2N3/c6-3-1-4(7)10-5(2-8)9-3/h1H. The van der Waals surface area contributed by atoms with Gasteiger partial charge >= 0.3 is 0 Å². The van der Waals surface area contributed by atoms with Crippen LogP contribution in [0.4, 0.5) is 0 Å². The first kappa shape index (κ1) is 7.63. The zero-order chi connectivity index (χ0) is 7.56. The maximum Gasteiger partial charge on any atom is 0.234 e. The van der Waals surface area contributed by atoms with Crippen LogP contribution in [0.25, 0.3) is 0 Å². The summed E-state index contributed by atoms with van der Waals surface area (Å²) in [4.78, 5) is 7.53. The van der Waals surface area contributed by atoms with Crippen molar-refractivity contribution in [3.63, 3.8) is 0 Å². The SMILES string of the molecule is N#Cc1nc(Br)cc(Br)n1. The lowest BCUT2D eigenvalue weighted by atomic mass is 10.6. The van der Waals surface area contributed by atoms with Gasteiger partial charge < -0.3 is 0 Å². The minimum Gasteiger partial charge on any atom is -0.212 e. The van der Waals surface area contributed by atoms with E-state index in [0.717, 1.165) is 0 Å². The molecule has 1 aromatic heterocycles. The van der Waals surface area contributed by atoms with Gasteiger partial charge in [-0.15, -0.1) is 0 Å². The van der Waals surface area contributed by atoms with Gasteiger partial charge in [0.25, 0.3) is 0 Å². The van der Waals surface area contributed by atoms with Gasteiger partial charge in [0.1, 0.15) is 15.3 Å². The number of nitriles is 1. The summed E-state index contributed by atoms with van der Waals surface area (Å²) >= 11 is 6.24. The molecule has 0 saturated heterocycles. The predicted octanol–water partition coefficient (Wildman–Crippen LogP) is 1.87. The van der Waals surface area contributed by atoms with Gasteiger partial charge in [0.2, 0.25) is 5.82 Å². The molecule has 1 heterocycles. The van der Waals surface area contributed by atoms with E-state index in [0.29, 0.717) is 9.21 Å². The Bertz CT molecular complexity index is 271. The number of hydrogen-bond acceptors (Lipinski definition) is 3. The Morgan fingerprint density at radius 3 is 2.20 bits per heavy atom. The van der Waals surface area contributed by atoms with Gasteiger partial charge in [0.15, 0.2) is 0 Å². The highest BCUT2D eigenvalue weighted by atomic mass is 79.9. The molecule has 0 amide bonds. The lowest BCUT2D eigenvalue weighted by Gasteiger charge is -1.90. The second kappa shape index (κ2) is 3.08. The van der Waals surface area contributed by atoms with E-state index in [-0.39, 0.29) is 5.82 Å². The summed E-state index contributed by atoms with van der Waals surface area (Å²) in [6, 6.07) is 3.49. The molecule has 0 spiro atoms. The molecular weight excluding hydrogens is 262 g/mol. The Morgan fingerprint density at radius 2 is 1.80 bits per heavy atom. The van der Waals surface area contributed by atoms with Gasteiger partial charge in [-0.25, -0.2) is 9.97 Å². The molecule has 0 bridgehead atoms. The fourth-order valence-corrected chi connectivity index (χ4v) is 1.52. The van der Waals surface area contributed by atoms with Crippen LogP contribution in [-0.4, -0.2) is 9.97 Å². The molecule has 0 radical (unpaired) electrons. The van der Waals surface area contributed by atoms with Crippen molar-refractivity contribution in [2.75, 3.05) is 0 Å². The molecule has 1 rings (SSSR count). The molecular formula is C5HBr2N3. The van der Waals surface area contributed by atoms with Crippen molar-refractivity contribution in [3.05, 3.63) is 21.1 Å². The Kier molecular flexibility index (Phi) is 2.35. The first-order valence-electron chi connectivity index (χ1n) is 2.32. The maximum atomic E-state index is 8.37. The molecule has 1 aromatic rings. The minimum atomic E-state index is 0.154. The number of hydrogen-bond donors (Lipinski definition) is 0. The van der Waals surface area contributed by atoms with Crippen molar-refractivity contribution in [2.24, 2.45) is 0 Å². The molecule has 0 aliphatic rings. The summed E-state index contributed by atoms with van der Waals surface area (Å²) in [5.74, 6) is 0.154. The molecule has 5 heteroatoms. The predicted molar refractivity (Wildman–Crippen MR) is 42.1 cm³/mol. The molecule has 0 aliphatic heterocycles. The second-order valence-corrected chi connectivity index (χ2v) is 3.07. The van der Waals surface area contributed by atoms with Crippen molar-refractivity contribution < 1.29 is 0 Å². The van der Waals surface area contributed by atoms with E-state index >= 15 is 0 Å². The van der Waals surface area contributed by atoms with Crippen molar-refractivity contribution in [1.29, 1.82) is 5.26 Å². The van der Waals surface area contributed by atoms with Crippen LogP contribution in [0, 0.1) is 11.3 Å². The van der Waals surface area contributed by atoms with Crippen molar-refractivity contribution in [3.8, 4) is 6.07 Å². The first-order valence-corrected chi connectivity index (χ1v) is 3.91. The summed E-state index contributed by atoms with van der Waals surface area (Å²) < 4.78 is 1.21. The van der Waals surface area contributed by atoms with E-state index in [1.807, 2.05) is 6.07 Å². The third kappa shape index (κ3) is 1.75. The molecule has 0 atom stereocenters. The fraction of sp³-hybridized carbons (Fsp3) is 0. The summed E-state index contributed by atoms with van der Waals surface area (Å²) in [5, 5.41) is 8.37. The molecule has 0 N–H and O–H groups in total. The van der Waals surface area contributed by atoms with Gasteiger partial charge in [-0.05, 0) is 31.9 Å². The highest BCUT2D eigenvalue weighted by Crippen LogP contribution is 2.12. The number of rotatable bonds is 0. The van der Waals surface area contributed by atoms with Crippen LogP contribution in [0.5, 0.6) is 0 Å². The maximum absolute atomic E-state index is 8.37. The first-order chi connectivity index (χ1) is 4.72. The lowest BCUT2D eigenvalue weighted by molar-refractivity contribution is 1.07. The molecule has 0 fully saturated rings. The average Bonchev–Trinajstić information content (AvgIpc) is 1.85. The van der Waals surface area contributed by atoms with Gasteiger partial charge in [0, 0.05) is 6.07 Å². The third-order valence-corrected chi connectivity index (χ3v) is 1.58. The third-order valence-electron chi connectivity index (χ3n) is 0.764. The minimum absolute atomic E-state index is 0.154. The van der Waals surface area contributed by atoms with Crippen LogP contribution in [0.3, 0.4) is 0 Å². The lowest BCUT2D eigenvalue weighted by Crippen LogP contribution is -1.88. The molecule has 0 aliphatic carbocycles. The van der Waals surface area contributed by atoms with Gasteiger partial charge in [-0.2, -0.15) is 5.26 Å². The van der Waals surface area contributed by atoms with Crippen LogP contribution in [0.1, 0.15) is 5.82 Å². The van der Waals surface area contributed by atoms with Gasteiger partial charge in [0.05, 0.1) is 0 Å². The summed E-state index contributed by atoms with van der Waals surface area (Å²) in [6.07, 6.45) is 0. The Labute approximate surface area is 74.4 Å². The van der Waals surface area contributed by atoms with E-state index in [4.69, 9.17) is 5.26 Å². The van der Waals surface area contributed by atoms with E-state index in [1.165, 1.54) is 0 Å². The Balaban J connectivity index is 3.22.